The number of carbonyl (C=O) groups excluding carboxylic acids is 1. The fraction of sp³-hybridized carbons (Fsp3) is 0.700. The first kappa shape index (κ1) is 12.5. The molecule has 1 aromatic rings. The monoisotopic (exact) mass is 227 g/mol. The Labute approximate surface area is 94.3 Å². The molecule has 0 spiro atoms. The number of aromatic nitrogens is 2. The maximum atomic E-state index is 10.8. The molecule has 0 aliphatic rings. The number of nitrogens with one attached hydrogen (secondary N) is 1. The number of unbranched alkanes of at least 4 members (excludes halogenated alkanes) is 3. The standard InChI is InChI=1S/C10H17N3O3/c1-15-10(14)6-4-2-3-5-7-13-8-9(11)16-12-13/h8H,2-7H2,1H3,(H-,11,12). The number of hydrogen-bond donors (Lipinski definition) is 0. The fourth-order valence-electron chi connectivity index (χ4n) is 1.38. The maximum absolute atomic E-state index is 10.8. The number of aryl methyl sites for hydroxylation is 1. The van der Waals surface area contributed by atoms with E-state index < -0.39 is 0 Å². The lowest BCUT2D eigenvalue weighted by molar-refractivity contribution is -0.762. The van der Waals surface area contributed by atoms with Crippen LogP contribution in [0.1, 0.15) is 32.1 Å². The molecule has 6 heteroatoms. The summed E-state index contributed by atoms with van der Waals surface area (Å²) < 4.78 is 10.8. The van der Waals surface area contributed by atoms with E-state index >= 15 is 0 Å². The van der Waals surface area contributed by atoms with Gasteiger partial charge < -0.3 is 15.0 Å². The number of esters is 1. The molecule has 16 heavy (non-hydrogen) atoms. The SMILES string of the molecule is COC(=O)CCCCCC[n+]1cc([NH-])on1. The van der Waals surface area contributed by atoms with E-state index in [0.717, 1.165) is 32.2 Å². The van der Waals surface area contributed by atoms with Gasteiger partial charge in [-0.15, -0.1) is 0 Å². The highest BCUT2D eigenvalue weighted by Gasteiger charge is 2.04. The highest BCUT2D eigenvalue weighted by Crippen LogP contribution is 2.05. The van der Waals surface area contributed by atoms with E-state index in [9.17, 15) is 4.79 Å². The second-order valence-corrected chi connectivity index (χ2v) is 3.57. The molecule has 1 rings (SSSR count). The molecule has 0 saturated heterocycles. The van der Waals surface area contributed by atoms with E-state index in [-0.39, 0.29) is 11.9 Å². The van der Waals surface area contributed by atoms with E-state index in [0.29, 0.717) is 6.42 Å². The van der Waals surface area contributed by atoms with Crippen LogP contribution in [-0.4, -0.2) is 18.4 Å². The summed E-state index contributed by atoms with van der Waals surface area (Å²) in [7, 11) is 1.40. The lowest BCUT2D eigenvalue weighted by Gasteiger charge is -1.98. The van der Waals surface area contributed by atoms with Crippen molar-refractivity contribution >= 4 is 11.9 Å². The van der Waals surface area contributed by atoms with Gasteiger partial charge in [0.25, 0.3) is 0 Å². The van der Waals surface area contributed by atoms with Crippen LogP contribution in [0.15, 0.2) is 10.7 Å². The summed E-state index contributed by atoms with van der Waals surface area (Å²) in [5, 5.41) is 3.66. The summed E-state index contributed by atoms with van der Waals surface area (Å²) in [6.07, 6.45) is 5.90. The van der Waals surface area contributed by atoms with Gasteiger partial charge in [0.1, 0.15) is 5.88 Å². The fourth-order valence-corrected chi connectivity index (χ4v) is 1.38. The molecule has 1 aromatic heterocycles. The van der Waals surface area contributed by atoms with E-state index in [1.807, 2.05) is 0 Å². The summed E-state index contributed by atoms with van der Waals surface area (Å²) >= 11 is 0. The lowest BCUT2D eigenvalue weighted by Crippen LogP contribution is -2.34. The Kier molecular flexibility index (Phi) is 5.31. The van der Waals surface area contributed by atoms with Crippen LogP contribution in [0.2, 0.25) is 0 Å². The van der Waals surface area contributed by atoms with Gasteiger partial charge in [0.15, 0.2) is 11.8 Å². The third-order valence-electron chi connectivity index (χ3n) is 2.26. The summed E-state index contributed by atoms with van der Waals surface area (Å²) in [6.45, 7) is 0.751. The van der Waals surface area contributed by atoms with Crippen LogP contribution in [0.3, 0.4) is 0 Å². The molecule has 1 heterocycles. The number of hydrogen-bond acceptors (Lipinski definition) is 4. The second-order valence-electron chi connectivity index (χ2n) is 3.57. The first-order valence-electron chi connectivity index (χ1n) is 5.37. The van der Waals surface area contributed by atoms with Crippen LogP contribution in [0, 0.1) is 0 Å². The average molecular weight is 227 g/mol. The van der Waals surface area contributed by atoms with Crippen molar-refractivity contribution in [2.45, 2.75) is 38.6 Å². The predicted octanol–water partition coefficient (Wildman–Crippen LogP) is 1.77. The van der Waals surface area contributed by atoms with E-state index in [4.69, 9.17) is 5.73 Å². The van der Waals surface area contributed by atoms with Crippen molar-refractivity contribution in [2.75, 3.05) is 7.11 Å². The van der Waals surface area contributed by atoms with Gasteiger partial charge in [0.05, 0.1) is 7.11 Å². The van der Waals surface area contributed by atoms with Gasteiger partial charge in [-0.1, -0.05) is 11.1 Å². The van der Waals surface area contributed by atoms with Crippen LogP contribution < -0.4 is 4.68 Å². The van der Waals surface area contributed by atoms with Crippen LogP contribution in [-0.2, 0) is 16.1 Å². The summed E-state index contributed by atoms with van der Waals surface area (Å²) in [6, 6.07) is 0. The van der Waals surface area contributed by atoms with Crippen molar-refractivity contribution in [1.29, 1.82) is 0 Å². The number of methoxy groups -OCH3 is 1. The quantitative estimate of drug-likeness (QED) is 0.404. The van der Waals surface area contributed by atoms with Crippen LogP contribution in [0.25, 0.3) is 5.73 Å². The minimum absolute atomic E-state index is 0.0747. The predicted molar refractivity (Wildman–Crippen MR) is 55.8 cm³/mol. The van der Waals surface area contributed by atoms with Gasteiger partial charge in [0, 0.05) is 12.8 Å². The molecule has 0 aliphatic carbocycles. The third kappa shape index (κ3) is 4.77. The Hall–Kier alpha value is -1.59. The maximum Gasteiger partial charge on any atom is 0.305 e. The minimum Gasteiger partial charge on any atom is -0.660 e. The van der Waals surface area contributed by atoms with E-state index in [1.165, 1.54) is 7.11 Å². The average Bonchev–Trinajstić information content (AvgIpc) is 2.69. The molecule has 6 nitrogen and oxygen atoms in total. The van der Waals surface area contributed by atoms with Crippen molar-refractivity contribution in [3.63, 3.8) is 0 Å². The Balaban J connectivity index is 1.98. The van der Waals surface area contributed by atoms with Crippen molar-refractivity contribution in [1.82, 2.24) is 5.27 Å². The highest BCUT2D eigenvalue weighted by molar-refractivity contribution is 5.68. The van der Waals surface area contributed by atoms with Crippen molar-refractivity contribution in [3.8, 4) is 0 Å². The summed E-state index contributed by atoms with van der Waals surface area (Å²) in [4.78, 5) is 10.8. The zero-order valence-corrected chi connectivity index (χ0v) is 9.44. The number of nitrogens with zero attached hydrogens (tertiary/aromatic N) is 2. The Morgan fingerprint density at radius 2 is 2.25 bits per heavy atom. The molecule has 0 fully saturated rings. The molecular weight excluding hydrogens is 210 g/mol. The highest BCUT2D eigenvalue weighted by atomic mass is 16.5. The topological polar surface area (TPSA) is 80.0 Å². The van der Waals surface area contributed by atoms with Crippen LogP contribution >= 0.6 is 0 Å². The number of carbonyl (C=O) groups is 1. The first-order chi connectivity index (χ1) is 7.72. The molecule has 90 valence electrons. The van der Waals surface area contributed by atoms with Crippen LogP contribution in [0.4, 0.5) is 5.88 Å². The molecule has 0 aromatic carbocycles. The normalized spacial score (nSPS) is 10.3. The molecule has 0 aliphatic heterocycles. The lowest BCUT2D eigenvalue weighted by atomic mass is 10.1. The molecule has 1 N–H and O–H groups in total. The largest absolute Gasteiger partial charge is 0.660 e. The smallest absolute Gasteiger partial charge is 0.305 e. The van der Waals surface area contributed by atoms with Crippen molar-refractivity contribution < 1.29 is 18.7 Å². The summed E-state index contributed by atoms with van der Waals surface area (Å²) in [5.41, 5.74) is 7.13. The zero-order valence-electron chi connectivity index (χ0n) is 9.44. The molecule has 0 bridgehead atoms. The Morgan fingerprint density at radius 1 is 1.50 bits per heavy atom. The van der Waals surface area contributed by atoms with E-state index in [1.54, 1.807) is 10.9 Å². The van der Waals surface area contributed by atoms with Crippen LogP contribution in [0.5, 0.6) is 0 Å². The van der Waals surface area contributed by atoms with Gasteiger partial charge in [-0.25, -0.2) is 0 Å². The number of rotatable bonds is 7. The second kappa shape index (κ2) is 6.81. The number of ether oxygens (including phenoxy) is 1. The van der Waals surface area contributed by atoms with Gasteiger partial charge in [-0.2, -0.15) is 0 Å². The Morgan fingerprint density at radius 3 is 2.88 bits per heavy atom. The van der Waals surface area contributed by atoms with Crippen molar-refractivity contribution in [2.24, 2.45) is 0 Å². The molecule has 0 atom stereocenters. The minimum atomic E-state index is -0.148. The molecule has 0 radical (unpaired) electrons. The summed E-state index contributed by atoms with van der Waals surface area (Å²) in [5.74, 6) is -0.0737. The van der Waals surface area contributed by atoms with Gasteiger partial charge >= 0.3 is 5.97 Å². The van der Waals surface area contributed by atoms with Gasteiger partial charge in [-0.05, 0) is 12.8 Å². The molecular formula is C10H17N3O3. The van der Waals surface area contributed by atoms with Crippen molar-refractivity contribution in [3.05, 3.63) is 11.9 Å². The van der Waals surface area contributed by atoms with Gasteiger partial charge in [0.2, 0.25) is 6.20 Å². The van der Waals surface area contributed by atoms with E-state index in [2.05, 4.69) is 14.5 Å². The third-order valence-corrected chi connectivity index (χ3v) is 2.26. The molecule has 0 amide bonds. The molecule has 0 saturated carbocycles. The first-order valence-corrected chi connectivity index (χ1v) is 5.37. The zero-order chi connectivity index (χ0) is 11.8. The van der Waals surface area contributed by atoms with Gasteiger partial charge in [-0.3, -0.25) is 4.79 Å². The molecule has 0 unspecified atom stereocenters. The Bertz CT molecular complexity index is 325.